The van der Waals surface area contributed by atoms with Crippen LogP contribution in [0.15, 0.2) is 18.6 Å². The molecule has 0 amide bonds. The number of morpholine rings is 1. The summed E-state index contributed by atoms with van der Waals surface area (Å²) < 4.78 is 7.82. The Bertz CT molecular complexity index is 641. The van der Waals surface area contributed by atoms with Crippen LogP contribution in [-0.4, -0.2) is 51.4 Å². The van der Waals surface area contributed by atoms with Gasteiger partial charge in [0, 0.05) is 57.4 Å². The van der Waals surface area contributed by atoms with E-state index in [0.717, 1.165) is 31.1 Å². The summed E-state index contributed by atoms with van der Waals surface area (Å²) in [6.07, 6.45) is 5.29. The molecule has 0 bridgehead atoms. The number of ether oxygens (including phenoxy) is 1. The standard InChI is InChI=1S/C15H22N6O/c1-11-12(8-19-20(11)3)9-21-6-7-22-13(10-21)14-15(16-2)18-5-4-17-14/h4-5,8,13H,6-7,9-10H2,1-3H3,(H,16,18). The fraction of sp³-hybridized carbons (Fsp3) is 0.533. The molecule has 1 fully saturated rings. The second-order valence-electron chi connectivity index (χ2n) is 5.51. The molecule has 7 heteroatoms. The van der Waals surface area contributed by atoms with Gasteiger partial charge < -0.3 is 10.1 Å². The highest BCUT2D eigenvalue weighted by molar-refractivity contribution is 5.40. The van der Waals surface area contributed by atoms with E-state index < -0.39 is 0 Å². The van der Waals surface area contributed by atoms with Crippen molar-refractivity contribution in [1.29, 1.82) is 0 Å². The number of nitrogens with one attached hydrogen (secondary N) is 1. The summed E-state index contributed by atoms with van der Waals surface area (Å²) in [7, 11) is 3.83. The number of aromatic nitrogens is 4. The van der Waals surface area contributed by atoms with Gasteiger partial charge in [-0.3, -0.25) is 14.6 Å². The molecule has 2 aromatic heterocycles. The smallest absolute Gasteiger partial charge is 0.150 e. The molecule has 1 unspecified atom stereocenters. The van der Waals surface area contributed by atoms with Crippen LogP contribution >= 0.6 is 0 Å². The molecular weight excluding hydrogens is 280 g/mol. The van der Waals surface area contributed by atoms with Crippen molar-refractivity contribution in [2.24, 2.45) is 7.05 Å². The van der Waals surface area contributed by atoms with Crippen LogP contribution in [0.25, 0.3) is 0 Å². The average Bonchev–Trinajstić information content (AvgIpc) is 2.87. The quantitative estimate of drug-likeness (QED) is 0.913. The molecule has 1 saturated heterocycles. The third-order valence-electron chi connectivity index (χ3n) is 4.15. The van der Waals surface area contributed by atoms with Crippen LogP contribution in [0.5, 0.6) is 0 Å². The molecule has 3 rings (SSSR count). The van der Waals surface area contributed by atoms with Crippen molar-refractivity contribution >= 4 is 5.82 Å². The Hall–Kier alpha value is -1.99. The van der Waals surface area contributed by atoms with Crippen LogP contribution in [0, 0.1) is 6.92 Å². The zero-order valence-corrected chi connectivity index (χ0v) is 13.3. The lowest BCUT2D eigenvalue weighted by Gasteiger charge is -2.32. The molecule has 118 valence electrons. The zero-order valence-electron chi connectivity index (χ0n) is 13.3. The molecule has 0 spiro atoms. The highest BCUT2D eigenvalue weighted by atomic mass is 16.5. The fourth-order valence-electron chi connectivity index (χ4n) is 2.73. The van der Waals surface area contributed by atoms with Crippen molar-refractivity contribution in [3.63, 3.8) is 0 Å². The Kier molecular flexibility index (Phi) is 4.35. The van der Waals surface area contributed by atoms with Gasteiger partial charge in [0.25, 0.3) is 0 Å². The first kappa shape index (κ1) is 14.9. The highest BCUT2D eigenvalue weighted by Crippen LogP contribution is 2.26. The molecule has 1 aliphatic rings. The van der Waals surface area contributed by atoms with Gasteiger partial charge in [0.15, 0.2) is 0 Å². The van der Waals surface area contributed by atoms with Crippen LogP contribution in [0.2, 0.25) is 0 Å². The van der Waals surface area contributed by atoms with Crippen molar-refractivity contribution in [2.45, 2.75) is 19.6 Å². The van der Waals surface area contributed by atoms with Gasteiger partial charge in [0.2, 0.25) is 0 Å². The lowest BCUT2D eigenvalue weighted by molar-refractivity contribution is -0.0348. The third kappa shape index (κ3) is 2.95. The minimum Gasteiger partial charge on any atom is -0.372 e. The summed E-state index contributed by atoms with van der Waals surface area (Å²) in [4.78, 5) is 11.1. The lowest BCUT2D eigenvalue weighted by atomic mass is 10.1. The molecule has 7 nitrogen and oxygen atoms in total. The van der Waals surface area contributed by atoms with Crippen molar-refractivity contribution in [3.8, 4) is 0 Å². The maximum Gasteiger partial charge on any atom is 0.150 e. The minimum absolute atomic E-state index is 0.0538. The molecular formula is C15H22N6O. The van der Waals surface area contributed by atoms with Gasteiger partial charge in [-0.05, 0) is 6.92 Å². The van der Waals surface area contributed by atoms with Crippen LogP contribution in [0.4, 0.5) is 5.82 Å². The molecule has 0 radical (unpaired) electrons. The Morgan fingerprint density at radius 3 is 2.91 bits per heavy atom. The first-order valence-corrected chi connectivity index (χ1v) is 7.49. The van der Waals surface area contributed by atoms with Gasteiger partial charge >= 0.3 is 0 Å². The molecule has 1 N–H and O–H groups in total. The van der Waals surface area contributed by atoms with Gasteiger partial charge in [-0.15, -0.1) is 0 Å². The molecule has 1 atom stereocenters. The summed E-state index contributed by atoms with van der Waals surface area (Å²) >= 11 is 0. The van der Waals surface area contributed by atoms with Crippen LogP contribution in [0.3, 0.4) is 0 Å². The topological polar surface area (TPSA) is 68.1 Å². The summed E-state index contributed by atoms with van der Waals surface area (Å²) in [5.41, 5.74) is 3.34. The molecule has 1 aliphatic heterocycles. The molecule has 0 aromatic carbocycles. The van der Waals surface area contributed by atoms with Crippen molar-refractivity contribution in [2.75, 3.05) is 32.1 Å². The molecule has 0 saturated carbocycles. The first-order chi connectivity index (χ1) is 10.7. The van der Waals surface area contributed by atoms with Crippen molar-refractivity contribution in [3.05, 3.63) is 35.5 Å². The van der Waals surface area contributed by atoms with E-state index in [1.54, 1.807) is 12.4 Å². The van der Waals surface area contributed by atoms with Gasteiger partial charge in [-0.1, -0.05) is 0 Å². The second-order valence-corrected chi connectivity index (χ2v) is 5.51. The van der Waals surface area contributed by atoms with Crippen molar-refractivity contribution < 1.29 is 4.74 Å². The maximum atomic E-state index is 5.90. The Morgan fingerprint density at radius 1 is 1.36 bits per heavy atom. The largest absolute Gasteiger partial charge is 0.372 e. The first-order valence-electron chi connectivity index (χ1n) is 7.49. The van der Waals surface area contributed by atoms with Gasteiger partial charge in [0.1, 0.15) is 17.6 Å². The Labute approximate surface area is 130 Å². The second kappa shape index (κ2) is 6.41. The third-order valence-corrected chi connectivity index (χ3v) is 4.15. The number of nitrogens with zero attached hydrogens (tertiary/aromatic N) is 5. The van der Waals surface area contributed by atoms with Crippen LogP contribution < -0.4 is 5.32 Å². The monoisotopic (exact) mass is 302 g/mol. The van der Waals surface area contributed by atoms with Crippen molar-refractivity contribution in [1.82, 2.24) is 24.6 Å². The van der Waals surface area contributed by atoms with Gasteiger partial charge in [0.05, 0.1) is 12.8 Å². The maximum absolute atomic E-state index is 5.90. The molecule has 22 heavy (non-hydrogen) atoms. The summed E-state index contributed by atoms with van der Waals surface area (Å²) in [6.45, 7) is 5.40. The number of anilines is 1. The van der Waals surface area contributed by atoms with E-state index >= 15 is 0 Å². The number of hydrogen-bond donors (Lipinski definition) is 1. The summed E-state index contributed by atoms with van der Waals surface area (Å²) in [5, 5.41) is 7.40. The van der Waals surface area contributed by atoms with E-state index in [1.807, 2.05) is 25.0 Å². The zero-order chi connectivity index (χ0) is 15.5. The molecule has 3 heterocycles. The Balaban J connectivity index is 1.73. The predicted octanol–water partition coefficient (Wildman–Crippen LogP) is 1.13. The van der Waals surface area contributed by atoms with Crippen LogP contribution in [-0.2, 0) is 18.3 Å². The minimum atomic E-state index is -0.0538. The van der Waals surface area contributed by atoms with E-state index in [2.05, 4.69) is 32.2 Å². The SMILES string of the molecule is CNc1nccnc1C1CN(Cc2cnn(C)c2C)CCO1. The summed E-state index contributed by atoms with van der Waals surface area (Å²) in [5.74, 6) is 0.784. The fourth-order valence-corrected chi connectivity index (χ4v) is 2.73. The Morgan fingerprint density at radius 2 is 2.18 bits per heavy atom. The summed E-state index contributed by atoms with van der Waals surface area (Å²) in [6, 6.07) is 0. The number of rotatable bonds is 4. The van der Waals surface area contributed by atoms with Gasteiger partial charge in [-0.2, -0.15) is 5.10 Å². The molecule has 0 aliphatic carbocycles. The lowest BCUT2D eigenvalue weighted by Crippen LogP contribution is -2.38. The van der Waals surface area contributed by atoms with Crippen LogP contribution in [0.1, 0.15) is 23.1 Å². The van der Waals surface area contributed by atoms with E-state index in [0.29, 0.717) is 6.61 Å². The number of aryl methyl sites for hydroxylation is 1. The highest BCUT2D eigenvalue weighted by Gasteiger charge is 2.26. The molecule has 2 aromatic rings. The van der Waals surface area contributed by atoms with E-state index in [9.17, 15) is 0 Å². The van der Waals surface area contributed by atoms with Gasteiger partial charge in [-0.25, -0.2) is 4.98 Å². The normalized spacial score (nSPS) is 19.3. The number of hydrogen-bond acceptors (Lipinski definition) is 6. The van der Waals surface area contributed by atoms with E-state index in [1.165, 1.54) is 11.3 Å². The average molecular weight is 302 g/mol. The van der Waals surface area contributed by atoms with E-state index in [-0.39, 0.29) is 6.10 Å². The predicted molar refractivity (Wildman–Crippen MR) is 83.5 cm³/mol. The van der Waals surface area contributed by atoms with E-state index in [4.69, 9.17) is 4.74 Å².